The molecule has 1 aliphatic heterocycles. The van der Waals surface area contributed by atoms with Crippen molar-refractivity contribution in [1.82, 2.24) is 14.5 Å². The number of benzene rings is 1. The highest BCUT2D eigenvalue weighted by Crippen LogP contribution is 2.27. The molecule has 1 atom stereocenters. The largest absolute Gasteiger partial charge is 0.342 e. The van der Waals surface area contributed by atoms with Gasteiger partial charge in [-0.1, -0.05) is 48.5 Å². The van der Waals surface area contributed by atoms with Crippen LogP contribution in [-0.4, -0.2) is 38.7 Å². The standard InChI is InChI=1S/C21H28BrN3O2S/c1-13(2)12-25-20(27)17-11-16(22)5-6-18(17)23-21(25)28-15(4)19(26)24-9-7-14(3)8-10-24/h5-6,11,13-15H,7-10,12H2,1-4H3. The van der Waals surface area contributed by atoms with Gasteiger partial charge in [-0.05, 0) is 49.8 Å². The number of likely N-dealkylation sites (tertiary alicyclic amines) is 1. The molecule has 5 nitrogen and oxygen atoms in total. The number of thioether (sulfide) groups is 1. The molecule has 1 unspecified atom stereocenters. The van der Waals surface area contributed by atoms with Crippen LogP contribution < -0.4 is 5.56 Å². The first-order valence-electron chi connectivity index (χ1n) is 9.91. The molecule has 152 valence electrons. The Labute approximate surface area is 179 Å². The van der Waals surface area contributed by atoms with Gasteiger partial charge in [0.25, 0.3) is 5.56 Å². The molecule has 2 heterocycles. The van der Waals surface area contributed by atoms with Gasteiger partial charge in [0.05, 0.1) is 16.2 Å². The number of fused-ring (bicyclic) bond motifs is 1. The van der Waals surface area contributed by atoms with Crippen LogP contribution in [-0.2, 0) is 11.3 Å². The molecule has 0 bridgehead atoms. The van der Waals surface area contributed by atoms with E-state index < -0.39 is 0 Å². The number of amides is 1. The van der Waals surface area contributed by atoms with Crippen molar-refractivity contribution in [2.24, 2.45) is 11.8 Å². The zero-order valence-electron chi connectivity index (χ0n) is 16.9. The number of piperidine rings is 1. The van der Waals surface area contributed by atoms with Crippen LogP contribution in [0, 0.1) is 11.8 Å². The quantitative estimate of drug-likeness (QED) is 0.479. The van der Waals surface area contributed by atoms with Gasteiger partial charge in [0.1, 0.15) is 0 Å². The monoisotopic (exact) mass is 465 g/mol. The first-order chi connectivity index (χ1) is 13.3. The summed E-state index contributed by atoms with van der Waals surface area (Å²) in [6.07, 6.45) is 2.12. The first-order valence-corrected chi connectivity index (χ1v) is 11.6. The molecule has 1 amide bonds. The highest BCUT2D eigenvalue weighted by molar-refractivity contribution is 9.10. The summed E-state index contributed by atoms with van der Waals surface area (Å²) in [5, 5.41) is 0.953. The van der Waals surface area contributed by atoms with Crippen LogP contribution in [0.15, 0.2) is 32.6 Å². The van der Waals surface area contributed by atoms with Gasteiger partial charge in [0.15, 0.2) is 5.16 Å². The molecule has 1 fully saturated rings. The second-order valence-corrected chi connectivity index (χ2v) is 10.4. The Hall–Kier alpha value is -1.34. The molecule has 0 N–H and O–H groups in total. The second-order valence-electron chi connectivity index (χ2n) is 8.13. The third-order valence-electron chi connectivity index (χ3n) is 5.15. The normalized spacial score (nSPS) is 16.7. The van der Waals surface area contributed by atoms with Crippen LogP contribution >= 0.6 is 27.7 Å². The molecule has 7 heteroatoms. The number of halogens is 1. The predicted molar refractivity (Wildman–Crippen MR) is 119 cm³/mol. The molecule has 2 aromatic rings. The van der Waals surface area contributed by atoms with Crippen LogP contribution in [0.2, 0.25) is 0 Å². The Kier molecular flexibility index (Phi) is 6.86. The topological polar surface area (TPSA) is 55.2 Å². The van der Waals surface area contributed by atoms with E-state index in [2.05, 4.69) is 36.7 Å². The van der Waals surface area contributed by atoms with Crippen molar-refractivity contribution in [3.05, 3.63) is 33.0 Å². The molecular formula is C21H28BrN3O2S. The van der Waals surface area contributed by atoms with Gasteiger partial charge in [-0.3, -0.25) is 14.2 Å². The van der Waals surface area contributed by atoms with Crippen molar-refractivity contribution >= 4 is 44.5 Å². The number of hydrogen-bond acceptors (Lipinski definition) is 4. The molecular weight excluding hydrogens is 438 g/mol. The molecule has 1 saturated heterocycles. The van der Waals surface area contributed by atoms with Gasteiger partial charge in [-0.25, -0.2) is 4.98 Å². The van der Waals surface area contributed by atoms with Crippen molar-refractivity contribution in [2.45, 2.75) is 57.5 Å². The Morgan fingerprint density at radius 3 is 2.61 bits per heavy atom. The summed E-state index contributed by atoms with van der Waals surface area (Å²) in [5.74, 6) is 1.13. The average Bonchev–Trinajstić information content (AvgIpc) is 2.65. The summed E-state index contributed by atoms with van der Waals surface area (Å²) in [4.78, 5) is 32.7. The summed E-state index contributed by atoms with van der Waals surface area (Å²) in [6.45, 7) is 10.5. The molecule has 1 aliphatic rings. The maximum Gasteiger partial charge on any atom is 0.262 e. The lowest BCUT2D eigenvalue weighted by molar-refractivity contribution is -0.131. The van der Waals surface area contributed by atoms with E-state index in [1.54, 1.807) is 4.57 Å². The molecule has 0 radical (unpaired) electrons. The average molecular weight is 466 g/mol. The third-order valence-corrected chi connectivity index (χ3v) is 6.73. The minimum absolute atomic E-state index is 0.0473. The van der Waals surface area contributed by atoms with Crippen LogP contribution in [0.4, 0.5) is 0 Å². The van der Waals surface area contributed by atoms with E-state index in [1.165, 1.54) is 11.8 Å². The van der Waals surface area contributed by atoms with Gasteiger partial charge in [-0.2, -0.15) is 0 Å². The van der Waals surface area contributed by atoms with Gasteiger partial charge < -0.3 is 4.90 Å². The van der Waals surface area contributed by atoms with E-state index >= 15 is 0 Å². The van der Waals surface area contributed by atoms with Gasteiger partial charge in [0.2, 0.25) is 5.91 Å². The van der Waals surface area contributed by atoms with Crippen molar-refractivity contribution in [1.29, 1.82) is 0 Å². The smallest absolute Gasteiger partial charge is 0.262 e. The number of aromatic nitrogens is 2. The lowest BCUT2D eigenvalue weighted by Crippen LogP contribution is -2.42. The van der Waals surface area contributed by atoms with E-state index in [-0.39, 0.29) is 16.7 Å². The summed E-state index contributed by atoms with van der Waals surface area (Å²) in [6, 6.07) is 5.56. The van der Waals surface area contributed by atoms with Crippen molar-refractivity contribution in [3.63, 3.8) is 0 Å². The molecule has 3 rings (SSSR count). The minimum Gasteiger partial charge on any atom is -0.342 e. The molecule has 1 aromatic carbocycles. The Morgan fingerprint density at radius 1 is 1.29 bits per heavy atom. The number of carbonyl (C=O) groups is 1. The summed E-state index contributed by atoms with van der Waals surface area (Å²) < 4.78 is 2.59. The lowest BCUT2D eigenvalue weighted by Gasteiger charge is -2.32. The van der Waals surface area contributed by atoms with Crippen LogP contribution in [0.25, 0.3) is 10.9 Å². The Bertz CT molecular complexity index is 920. The fourth-order valence-corrected chi connectivity index (χ4v) is 4.85. The van der Waals surface area contributed by atoms with Gasteiger partial charge in [0, 0.05) is 24.1 Å². The number of hydrogen-bond donors (Lipinski definition) is 0. The van der Waals surface area contributed by atoms with E-state index in [0.29, 0.717) is 34.4 Å². The van der Waals surface area contributed by atoms with E-state index in [1.807, 2.05) is 30.0 Å². The van der Waals surface area contributed by atoms with Crippen LogP contribution in [0.5, 0.6) is 0 Å². The number of nitrogens with zero attached hydrogens (tertiary/aromatic N) is 3. The number of rotatable bonds is 5. The molecule has 0 saturated carbocycles. The molecule has 28 heavy (non-hydrogen) atoms. The Morgan fingerprint density at radius 2 is 1.96 bits per heavy atom. The highest BCUT2D eigenvalue weighted by Gasteiger charge is 2.26. The molecule has 1 aromatic heterocycles. The van der Waals surface area contributed by atoms with Crippen molar-refractivity contribution < 1.29 is 4.79 Å². The maximum absolute atomic E-state index is 13.1. The highest BCUT2D eigenvalue weighted by atomic mass is 79.9. The Balaban J connectivity index is 1.91. The maximum atomic E-state index is 13.1. The van der Waals surface area contributed by atoms with Crippen molar-refractivity contribution in [2.75, 3.05) is 13.1 Å². The third kappa shape index (κ3) is 4.79. The van der Waals surface area contributed by atoms with Gasteiger partial charge in [-0.15, -0.1) is 0 Å². The second kappa shape index (κ2) is 8.99. The number of carbonyl (C=O) groups excluding carboxylic acids is 1. The summed E-state index contributed by atoms with van der Waals surface area (Å²) >= 11 is 4.83. The van der Waals surface area contributed by atoms with Crippen LogP contribution in [0.1, 0.15) is 40.5 Å². The van der Waals surface area contributed by atoms with Gasteiger partial charge >= 0.3 is 0 Å². The zero-order chi connectivity index (χ0) is 20.4. The molecule has 0 aliphatic carbocycles. The lowest BCUT2D eigenvalue weighted by atomic mass is 9.99. The van der Waals surface area contributed by atoms with E-state index in [9.17, 15) is 9.59 Å². The molecule has 0 spiro atoms. The predicted octanol–water partition coefficient (Wildman–Crippen LogP) is 4.55. The summed E-state index contributed by atoms with van der Waals surface area (Å²) in [7, 11) is 0. The summed E-state index contributed by atoms with van der Waals surface area (Å²) in [5.41, 5.74) is 0.621. The van der Waals surface area contributed by atoms with Crippen molar-refractivity contribution in [3.8, 4) is 0 Å². The van der Waals surface area contributed by atoms with Crippen LogP contribution in [0.3, 0.4) is 0 Å². The fourth-order valence-electron chi connectivity index (χ4n) is 3.48. The SMILES string of the molecule is CC(C)Cn1c(SC(C)C(=O)N2CCC(C)CC2)nc2ccc(Br)cc2c1=O. The minimum atomic E-state index is -0.272. The zero-order valence-corrected chi connectivity index (χ0v) is 19.3. The van der Waals surface area contributed by atoms with E-state index in [0.717, 1.165) is 30.4 Å². The van der Waals surface area contributed by atoms with E-state index in [4.69, 9.17) is 4.98 Å². The fraction of sp³-hybridized carbons (Fsp3) is 0.571. The first kappa shape index (κ1) is 21.4.